The van der Waals surface area contributed by atoms with Gasteiger partial charge in [-0.05, 0) is 19.1 Å². The number of thiophene rings is 1. The lowest BCUT2D eigenvalue weighted by Crippen LogP contribution is -2.25. The molecule has 0 aromatic carbocycles. The summed E-state index contributed by atoms with van der Waals surface area (Å²) in [5.41, 5.74) is 2.69. The smallest absolute Gasteiger partial charge is 0.278 e. The molecule has 4 heterocycles. The van der Waals surface area contributed by atoms with Crippen molar-refractivity contribution in [3.05, 3.63) is 39.0 Å². The van der Waals surface area contributed by atoms with Crippen molar-refractivity contribution in [3.63, 3.8) is 0 Å². The quantitative estimate of drug-likeness (QED) is 0.730. The minimum absolute atomic E-state index is 0.0510. The first kappa shape index (κ1) is 15.1. The predicted molar refractivity (Wildman–Crippen MR) is 88.5 cm³/mol. The lowest BCUT2D eigenvalue weighted by molar-refractivity contribution is 0.0753. The summed E-state index contributed by atoms with van der Waals surface area (Å²) in [6.07, 6.45) is 0.709. The van der Waals surface area contributed by atoms with Gasteiger partial charge < -0.3 is 9.42 Å². The van der Waals surface area contributed by atoms with E-state index in [1.807, 2.05) is 37.9 Å². The molecule has 3 aromatic rings. The Bertz CT molecular complexity index is 923. The van der Waals surface area contributed by atoms with Gasteiger partial charge in [-0.3, -0.25) is 9.48 Å². The summed E-state index contributed by atoms with van der Waals surface area (Å²) in [4.78, 5) is 20.8. The molecule has 3 aromatic heterocycles. The minimum atomic E-state index is 0.0510. The monoisotopic (exact) mass is 343 g/mol. The maximum atomic E-state index is 12.7. The van der Waals surface area contributed by atoms with Gasteiger partial charge in [0.05, 0.1) is 23.7 Å². The number of aryl methyl sites for hydroxylation is 3. The van der Waals surface area contributed by atoms with Crippen LogP contribution in [0.4, 0.5) is 0 Å². The summed E-state index contributed by atoms with van der Waals surface area (Å²) >= 11 is 1.52. The van der Waals surface area contributed by atoms with Gasteiger partial charge in [0.1, 0.15) is 0 Å². The van der Waals surface area contributed by atoms with Crippen LogP contribution >= 0.6 is 11.3 Å². The molecule has 1 amide bonds. The summed E-state index contributed by atoms with van der Waals surface area (Å²) in [7, 11) is 1.88. The molecule has 0 bridgehead atoms. The Labute approximate surface area is 142 Å². The second kappa shape index (κ2) is 5.55. The molecule has 0 saturated heterocycles. The highest BCUT2D eigenvalue weighted by Gasteiger charge is 2.32. The summed E-state index contributed by atoms with van der Waals surface area (Å²) < 4.78 is 7.12. The van der Waals surface area contributed by atoms with Gasteiger partial charge in [-0.25, -0.2) is 0 Å². The number of hydrogen-bond acceptors (Lipinski definition) is 6. The largest absolute Gasteiger partial charge is 0.332 e. The number of rotatable bonds is 3. The highest BCUT2D eigenvalue weighted by atomic mass is 32.1. The number of carbonyl (C=O) groups is 1. The normalized spacial score (nSPS) is 13.5. The van der Waals surface area contributed by atoms with Gasteiger partial charge in [-0.2, -0.15) is 10.1 Å². The maximum absolute atomic E-state index is 12.7. The van der Waals surface area contributed by atoms with Crippen LogP contribution in [-0.4, -0.2) is 30.7 Å². The lowest BCUT2D eigenvalue weighted by atomic mass is 10.2. The van der Waals surface area contributed by atoms with Crippen LogP contribution in [0.5, 0.6) is 0 Å². The highest BCUT2D eigenvalue weighted by Crippen LogP contribution is 2.32. The molecule has 124 valence electrons. The van der Waals surface area contributed by atoms with E-state index in [9.17, 15) is 4.79 Å². The number of nitrogens with zero attached hydrogens (tertiary/aromatic N) is 5. The topological polar surface area (TPSA) is 77.0 Å². The van der Waals surface area contributed by atoms with Gasteiger partial charge in [0, 0.05) is 23.9 Å². The van der Waals surface area contributed by atoms with E-state index in [0.29, 0.717) is 36.9 Å². The van der Waals surface area contributed by atoms with Crippen molar-refractivity contribution in [3.8, 4) is 11.6 Å². The Morgan fingerprint density at radius 3 is 2.88 bits per heavy atom. The van der Waals surface area contributed by atoms with Crippen molar-refractivity contribution >= 4 is 17.2 Å². The predicted octanol–water partition coefficient (Wildman–Crippen LogP) is 2.56. The van der Waals surface area contributed by atoms with Crippen molar-refractivity contribution in [1.82, 2.24) is 24.8 Å². The second-order valence-corrected chi connectivity index (χ2v) is 7.13. The molecule has 0 unspecified atom stereocenters. The molecule has 8 heteroatoms. The van der Waals surface area contributed by atoms with E-state index in [1.165, 1.54) is 11.3 Å². The van der Waals surface area contributed by atoms with Gasteiger partial charge in [-0.1, -0.05) is 12.1 Å². The lowest BCUT2D eigenvalue weighted by Gasteiger charge is -2.14. The Morgan fingerprint density at radius 2 is 2.21 bits per heavy atom. The van der Waals surface area contributed by atoms with Crippen LogP contribution in [0.15, 0.2) is 16.7 Å². The van der Waals surface area contributed by atoms with Crippen molar-refractivity contribution in [2.24, 2.45) is 7.05 Å². The third kappa shape index (κ3) is 2.34. The van der Waals surface area contributed by atoms with E-state index in [1.54, 1.807) is 4.68 Å². The Hall–Kier alpha value is -2.48. The molecule has 1 aliphatic heterocycles. The molecule has 4 rings (SSSR count). The molecule has 7 nitrogen and oxygen atoms in total. The average molecular weight is 343 g/mol. The van der Waals surface area contributed by atoms with E-state index in [0.717, 1.165) is 21.0 Å². The average Bonchev–Trinajstić information content (AvgIpc) is 3.32. The maximum Gasteiger partial charge on any atom is 0.278 e. The second-order valence-electron chi connectivity index (χ2n) is 5.84. The molecule has 0 radical (unpaired) electrons. The highest BCUT2D eigenvalue weighted by molar-refractivity contribution is 7.13. The van der Waals surface area contributed by atoms with Gasteiger partial charge in [0.15, 0.2) is 11.5 Å². The van der Waals surface area contributed by atoms with Gasteiger partial charge in [0.25, 0.3) is 11.8 Å². The zero-order valence-electron chi connectivity index (χ0n) is 13.7. The number of fused-ring (bicyclic) bond motifs is 1. The molecule has 0 fully saturated rings. The number of amides is 1. The first-order chi connectivity index (χ1) is 11.6. The van der Waals surface area contributed by atoms with E-state index >= 15 is 0 Å². The molecule has 0 aliphatic carbocycles. The molecule has 1 aliphatic rings. The Morgan fingerprint density at radius 1 is 1.38 bits per heavy atom. The fourth-order valence-corrected chi connectivity index (χ4v) is 3.74. The van der Waals surface area contributed by atoms with Crippen molar-refractivity contribution in [2.75, 3.05) is 0 Å². The van der Waals surface area contributed by atoms with Crippen LogP contribution < -0.4 is 0 Å². The first-order valence-corrected chi connectivity index (χ1v) is 8.62. The van der Waals surface area contributed by atoms with Gasteiger partial charge >= 0.3 is 0 Å². The number of carbonyl (C=O) groups excluding carboxylic acids is 1. The zero-order chi connectivity index (χ0) is 16.8. The first-order valence-electron chi connectivity index (χ1n) is 7.80. The molecule has 24 heavy (non-hydrogen) atoms. The standard InChI is InChI=1S/C16H17N5O2S/c1-4-13-17-15(23-19-13)14-10-7-21(8-11(10)20(3)18-14)16(22)12-6-5-9(2)24-12/h5-6H,4,7-8H2,1-3H3. The van der Waals surface area contributed by atoms with Crippen molar-refractivity contribution in [2.45, 2.75) is 33.4 Å². The number of hydrogen-bond donors (Lipinski definition) is 0. The number of aromatic nitrogens is 4. The van der Waals surface area contributed by atoms with E-state index in [-0.39, 0.29) is 5.91 Å². The fourth-order valence-electron chi connectivity index (χ4n) is 2.91. The van der Waals surface area contributed by atoms with E-state index in [4.69, 9.17) is 4.52 Å². The Kier molecular flexibility index (Phi) is 3.49. The van der Waals surface area contributed by atoms with E-state index in [2.05, 4.69) is 15.2 Å². The minimum Gasteiger partial charge on any atom is -0.332 e. The van der Waals surface area contributed by atoms with Crippen LogP contribution in [0.1, 0.15) is 38.6 Å². The molecular formula is C16H17N5O2S. The van der Waals surface area contributed by atoms with Crippen LogP contribution in [0, 0.1) is 6.92 Å². The summed E-state index contributed by atoms with van der Waals surface area (Å²) in [5, 5.41) is 8.44. The Balaban J connectivity index is 1.64. The third-order valence-electron chi connectivity index (χ3n) is 4.19. The summed E-state index contributed by atoms with van der Waals surface area (Å²) in [6, 6.07) is 3.86. The van der Waals surface area contributed by atoms with Crippen molar-refractivity contribution < 1.29 is 9.32 Å². The van der Waals surface area contributed by atoms with E-state index < -0.39 is 0 Å². The van der Waals surface area contributed by atoms with Crippen LogP contribution in [0.2, 0.25) is 0 Å². The molecule has 0 N–H and O–H groups in total. The SMILES string of the molecule is CCc1noc(-c2nn(C)c3c2CN(C(=O)c2ccc(C)s2)C3)n1. The fraction of sp³-hybridized carbons (Fsp3) is 0.375. The molecule has 0 atom stereocenters. The van der Waals surface area contributed by atoms with Crippen LogP contribution in [-0.2, 0) is 26.6 Å². The zero-order valence-corrected chi connectivity index (χ0v) is 14.6. The summed E-state index contributed by atoms with van der Waals surface area (Å²) in [6.45, 7) is 5.03. The van der Waals surface area contributed by atoms with Gasteiger partial charge in [-0.15, -0.1) is 11.3 Å². The molecule has 0 spiro atoms. The molecule has 0 saturated carbocycles. The van der Waals surface area contributed by atoms with Crippen molar-refractivity contribution in [1.29, 1.82) is 0 Å². The van der Waals surface area contributed by atoms with Crippen LogP contribution in [0.25, 0.3) is 11.6 Å². The van der Waals surface area contributed by atoms with Crippen LogP contribution in [0.3, 0.4) is 0 Å². The van der Waals surface area contributed by atoms with Gasteiger partial charge in [0.2, 0.25) is 0 Å². The third-order valence-corrected chi connectivity index (χ3v) is 5.18. The summed E-state index contributed by atoms with van der Waals surface area (Å²) in [5.74, 6) is 1.13. The molecular weight excluding hydrogens is 326 g/mol.